The molecule has 4 heteroatoms. The molecule has 1 unspecified atom stereocenters. The molecule has 0 aliphatic rings. The van der Waals surface area contributed by atoms with Crippen LogP contribution in [0.3, 0.4) is 0 Å². The van der Waals surface area contributed by atoms with Crippen molar-refractivity contribution >= 4 is 11.6 Å². The number of nitrogens with one attached hydrogen (secondary N) is 1. The van der Waals surface area contributed by atoms with E-state index in [0.29, 0.717) is 5.02 Å². The molecule has 0 fully saturated rings. The second kappa shape index (κ2) is 6.22. The summed E-state index contributed by atoms with van der Waals surface area (Å²) in [7, 11) is 0. The van der Waals surface area contributed by atoms with Gasteiger partial charge in [0.05, 0.1) is 12.3 Å². The summed E-state index contributed by atoms with van der Waals surface area (Å²) in [5, 5.41) is 3.94. The first-order valence-electron chi connectivity index (χ1n) is 6.35. The topological polar surface area (TPSA) is 25.2 Å². The van der Waals surface area contributed by atoms with Crippen LogP contribution in [-0.2, 0) is 0 Å². The van der Waals surface area contributed by atoms with E-state index in [-0.39, 0.29) is 11.9 Å². The predicted octanol–water partition coefficient (Wildman–Crippen LogP) is 4.47. The van der Waals surface area contributed by atoms with E-state index in [0.717, 1.165) is 29.9 Å². The lowest BCUT2D eigenvalue weighted by molar-refractivity contribution is 0.516. The highest BCUT2D eigenvalue weighted by molar-refractivity contribution is 6.31. The van der Waals surface area contributed by atoms with E-state index in [2.05, 4.69) is 12.2 Å². The number of hydrogen-bond acceptors (Lipinski definition) is 2. The van der Waals surface area contributed by atoms with Gasteiger partial charge in [-0.3, -0.25) is 0 Å². The fraction of sp³-hybridized carbons (Fsp3) is 0.333. The van der Waals surface area contributed by atoms with E-state index >= 15 is 0 Å². The fourth-order valence-electron chi connectivity index (χ4n) is 2.11. The van der Waals surface area contributed by atoms with Crippen molar-refractivity contribution in [2.24, 2.45) is 0 Å². The minimum Gasteiger partial charge on any atom is -0.469 e. The number of rotatable bonds is 5. The Morgan fingerprint density at radius 1 is 1.32 bits per heavy atom. The smallest absolute Gasteiger partial charge is 0.123 e. The summed E-state index contributed by atoms with van der Waals surface area (Å²) in [6.07, 6.45) is 2.62. The third-order valence-corrected chi connectivity index (χ3v) is 3.42. The van der Waals surface area contributed by atoms with Crippen LogP contribution in [0.1, 0.15) is 36.3 Å². The van der Waals surface area contributed by atoms with Crippen molar-refractivity contribution in [3.05, 3.63) is 58.3 Å². The molecular formula is C15H17ClFNO. The molecule has 0 aliphatic carbocycles. The van der Waals surface area contributed by atoms with E-state index in [9.17, 15) is 4.39 Å². The average Bonchev–Trinajstić information content (AvgIpc) is 2.80. The summed E-state index contributed by atoms with van der Waals surface area (Å²) in [4.78, 5) is 0. The van der Waals surface area contributed by atoms with Crippen LogP contribution in [0.25, 0.3) is 0 Å². The first kappa shape index (κ1) is 14.1. The lowest BCUT2D eigenvalue weighted by atomic mass is 9.99. The Balaban J connectivity index is 2.42. The molecule has 0 aliphatic heterocycles. The van der Waals surface area contributed by atoms with Crippen molar-refractivity contribution in [2.45, 2.75) is 26.3 Å². The van der Waals surface area contributed by atoms with Gasteiger partial charge >= 0.3 is 0 Å². The van der Waals surface area contributed by atoms with E-state index in [1.807, 2.05) is 13.0 Å². The second-order valence-electron chi connectivity index (χ2n) is 4.49. The van der Waals surface area contributed by atoms with Crippen molar-refractivity contribution in [2.75, 3.05) is 6.54 Å². The Bertz CT molecular complexity index is 553. The summed E-state index contributed by atoms with van der Waals surface area (Å²) in [6, 6.07) is 6.17. The van der Waals surface area contributed by atoms with Gasteiger partial charge in [-0.1, -0.05) is 18.5 Å². The Morgan fingerprint density at radius 3 is 2.74 bits per heavy atom. The van der Waals surface area contributed by atoms with Gasteiger partial charge in [-0.25, -0.2) is 4.39 Å². The highest BCUT2D eigenvalue weighted by Gasteiger charge is 2.20. The lowest BCUT2D eigenvalue weighted by Gasteiger charge is -2.20. The summed E-state index contributed by atoms with van der Waals surface area (Å²) < 4.78 is 18.8. The van der Waals surface area contributed by atoms with Crippen LogP contribution in [0.5, 0.6) is 0 Å². The van der Waals surface area contributed by atoms with Gasteiger partial charge in [-0.05, 0) is 49.7 Å². The Labute approximate surface area is 117 Å². The van der Waals surface area contributed by atoms with Gasteiger partial charge in [0.15, 0.2) is 0 Å². The van der Waals surface area contributed by atoms with E-state index in [1.54, 1.807) is 12.3 Å². The van der Waals surface area contributed by atoms with Crippen molar-refractivity contribution in [1.29, 1.82) is 0 Å². The number of benzene rings is 1. The van der Waals surface area contributed by atoms with Crippen molar-refractivity contribution in [3.8, 4) is 0 Å². The van der Waals surface area contributed by atoms with E-state index in [4.69, 9.17) is 16.0 Å². The van der Waals surface area contributed by atoms with Crippen LogP contribution in [0, 0.1) is 12.7 Å². The normalized spacial score (nSPS) is 12.6. The third-order valence-electron chi connectivity index (χ3n) is 3.08. The molecule has 2 rings (SSSR count). The first-order chi connectivity index (χ1) is 9.13. The number of halogens is 2. The van der Waals surface area contributed by atoms with E-state index < -0.39 is 0 Å². The zero-order valence-corrected chi connectivity index (χ0v) is 11.8. The molecule has 0 bridgehead atoms. The zero-order chi connectivity index (χ0) is 13.8. The quantitative estimate of drug-likeness (QED) is 0.875. The molecule has 1 aromatic carbocycles. The largest absolute Gasteiger partial charge is 0.469 e. The highest BCUT2D eigenvalue weighted by Crippen LogP contribution is 2.31. The molecule has 2 aromatic rings. The number of furan rings is 1. The van der Waals surface area contributed by atoms with Crippen LogP contribution >= 0.6 is 11.6 Å². The second-order valence-corrected chi connectivity index (χ2v) is 4.89. The summed E-state index contributed by atoms with van der Waals surface area (Å²) >= 11 is 6.20. The Kier molecular flexibility index (Phi) is 4.61. The minimum atomic E-state index is -0.288. The molecule has 1 atom stereocenters. The van der Waals surface area contributed by atoms with Gasteiger partial charge in [-0.15, -0.1) is 0 Å². The lowest BCUT2D eigenvalue weighted by Crippen LogP contribution is -2.23. The van der Waals surface area contributed by atoms with Gasteiger partial charge in [0.25, 0.3) is 0 Å². The number of aryl methyl sites for hydroxylation is 1. The minimum absolute atomic E-state index is 0.151. The molecule has 1 aromatic heterocycles. The van der Waals surface area contributed by atoms with Crippen LogP contribution < -0.4 is 5.32 Å². The van der Waals surface area contributed by atoms with Gasteiger partial charge in [0.1, 0.15) is 11.6 Å². The van der Waals surface area contributed by atoms with Crippen LogP contribution in [0.2, 0.25) is 5.02 Å². The van der Waals surface area contributed by atoms with Gasteiger partial charge in [-0.2, -0.15) is 0 Å². The molecule has 19 heavy (non-hydrogen) atoms. The first-order valence-corrected chi connectivity index (χ1v) is 6.73. The molecule has 0 spiro atoms. The molecule has 0 saturated carbocycles. The molecular weight excluding hydrogens is 265 g/mol. The van der Waals surface area contributed by atoms with Crippen molar-refractivity contribution in [3.63, 3.8) is 0 Å². The zero-order valence-electron chi connectivity index (χ0n) is 11.0. The number of hydrogen-bond donors (Lipinski definition) is 1. The van der Waals surface area contributed by atoms with Crippen LogP contribution in [-0.4, -0.2) is 6.54 Å². The maximum absolute atomic E-state index is 13.5. The summed E-state index contributed by atoms with van der Waals surface area (Å²) in [5.41, 5.74) is 1.72. The monoisotopic (exact) mass is 281 g/mol. The molecule has 102 valence electrons. The van der Waals surface area contributed by atoms with Crippen molar-refractivity contribution in [1.82, 2.24) is 5.32 Å². The van der Waals surface area contributed by atoms with Gasteiger partial charge < -0.3 is 9.73 Å². The summed E-state index contributed by atoms with van der Waals surface area (Å²) in [6.45, 7) is 4.80. The Morgan fingerprint density at radius 2 is 2.11 bits per heavy atom. The molecule has 1 N–H and O–H groups in total. The maximum Gasteiger partial charge on any atom is 0.123 e. The van der Waals surface area contributed by atoms with Crippen LogP contribution in [0.15, 0.2) is 34.9 Å². The highest BCUT2D eigenvalue weighted by atomic mass is 35.5. The van der Waals surface area contributed by atoms with E-state index in [1.165, 1.54) is 12.1 Å². The third kappa shape index (κ3) is 3.17. The van der Waals surface area contributed by atoms with Crippen molar-refractivity contribution < 1.29 is 8.81 Å². The SMILES string of the molecule is CCCNC(c1cc(F)ccc1Cl)c1ccoc1C. The van der Waals surface area contributed by atoms with Crippen LogP contribution in [0.4, 0.5) is 4.39 Å². The standard InChI is InChI=1S/C15H17ClFNO/c1-3-7-18-15(12-6-8-19-10(12)2)13-9-11(17)4-5-14(13)16/h4-6,8-9,15,18H,3,7H2,1-2H3. The molecule has 0 saturated heterocycles. The summed E-state index contributed by atoms with van der Waals surface area (Å²) in [5.74, 6) is 0.526. The average molecular weight is 282 g/mol. The van der Waals surface area contributed by atoms with Gasteiger partial charge in [0, 0.05) is 10.6 Å². The van der Waals surface area contributed by atoms with Gasteiger partial charge in [0.2, 0.25) is 0 Å². The molecule has 0 radical (unpaired) electrons. The fourth-order valence-corrected chi connectivity index (χ4v) is 2.33. The predicted molar refractivity (Wildman–Crippen MR) is 75.0 cm³/mol. The molecule has 1 heterocycles. The maximum atomic E-state index is 13.5. The molecule has 2 nitrogen and oxygen atoms in total. The molecule has 0 amide bonds. The Hall–Kier alpha value is -1.32.